The number of aliphatic hydroxyl groups is 1. The maximum atomic E-state index is 9.69. The molecule has 0 radical (unpaired) electrons. The molecule has 2 unspecified atom stereocenters. The van der Waals surface area contributed by atoms with Crippen molar-refractivity contribution in [2.24, 2.45) is 5.92 Å². The smallest absolute Gasteiger partial charge is 0.0990 e. The SMILES string of the molecule is C=CC(C)(O)C(C#N)/C=C/N(C)C. The summed E-state index contributed by atoms with van der Waals surface area (Å²) in [5, 5.41) is 18.5. The first-order valence-electron chi connectivity index (χ1n) is 4.04. The van der Waals surface area contributed by atoms with E-state index in [0.717, 1.165) is 0 Å². The Bertz CT molecular complexity index is 236. The van der Waals surface area contributed by atoms with Crippen LogP contribution in [0.15, 0.2) is 24.9 Å². The highest BCUT2D eigenvalue weighted by Gasteiger charge is 2.26. The minimum absolute atomic E-state index is 0.563. The lowest BCUT2D eigenvalue weighted by atomic mass is 9.90. The fraction of sp³-hybridized carbons (Fsp3) is 0.500. The number of nitriles is 1. The predicted molar refractivity (Wildman–Crippen MR) is 52.8 cm³/mol. The third-order valence-electron chi connectivity index (χ3n) is 1.76. The minimum Gasteiger partial charge on any atom is -0.384 e. The Kier molecular flexibility index (Phi) is 4.22. The van der Waals surface area contributed by atoms with Gasteiger partial charge in [0, 0.05) is 14.1 Å². The van der Waals surface area contributed by atoms with Crippen molar-refractivity contribution in [3.8, 4) is 6.07 Å². The molecule has 0 heterocycles. The van der Waals surface area contributed by atoms with Gasteiger partial charge in [0.15, 0.2) is 0 Å². The molecule has 1 N–H and O–H groups in total. The number of hydrogen-bond donors (Lipinski definition) is 1. The molecule has 0 aliphatic heterocycles. The fourth-order valence-electron chi connectivity index (χ4n) is 0.754. The van der Waals surface area contributed by atoms with Gasteiger partial charge in [-0.1, -0.05) is 6.08 Å². The third-order valence-corrected chi connectivity index (χ3v) is 1.76. The largest absolute Gasteiger partial charge is 0.384 e. The van der Waals surface area contributed by atoms with Crippen LogP contribution in [0.5, 0.6) is 0 Å². The van der Waals surface area contributed by atoms with Crippen LogP contribution >= 0.6 is 0 Å². The van der Waals surface area contributed by atoms with Crippen molar-refractivity contribution < 1.29 is 5.11 Å². The summed E-state index contributed by atoms with van der Waals surface area (Å²) >= 11 is 0. The monoisotopic (exact) mass is 180 g/mol. The highest BCUT2D eigenvalue weighted by Crippen LogP contribution is 2.18. The molecule has 0 aromatic carbocycles. The van der Waals surface area contributed by atoms with E-state index in [1.807, 2.05) is 25.1 Å². The van der Waals surface area contributed by atoms with Gasteiger partial charge < -0.3 is 10.0 Å². The van der Waals surface area contributed by atoms with Crippen LogP contribution in [0.25, 0.3) is 0 Å². The van der Waals surface area contributed by atoms with Crippen LogP contribution in [0.3, 0.4) is 0 Å². The van der Waals surface area contributed by atoms with Gasteiger partial charge in [0.05, 0.1) is 17.6 Å². The highest BCUT2D eigenvalue weighted by molar-refractivity contribution is 5.13. The molecule has 0 amide bonds. The Labute approximate surface area is 79.6 Å². The number of rotatable bonds is 4. The van der Waals surface area contributed by atoms with Crippen molar-refractivity contribution in [2.75, 3.05) is 14.1 Å². The Balaban J connectivity index is 4.55. The maximum absolute atomic E-state index is 9.69. The Hall–Kier alpha value is -1.27. The first-order valence-corrected chi connectivity index (χ1v) is 4.04. The normalized spacial score (nSPS) is 17.5. The van der Waals surface area contributed by atoms with Crippen molar-refractivity contribution in [1.82, 2.24) is 4.90 Å². The molecule has 0 aromatic heterocycles. The van der Waals surface area contributed by atoms with E-state index >= 15 is 0 Å². The van der Waals surface area contributed by atoms with Crippen molar-refractivity contribution in [3.05, 3.63) is 24.9 Å². The molecule has 3 nitrogen and oxygen atoms in total. The van der Waals surface area contributed by atoms with Crippen molar-refractivity contribution in [1.29, 1.82) is 5.26 Å². The predicted octanol–water partition coefficient (Wildman–Crippen LogP) is 1.14. The molecule has 3 heteroatoms. The summed E-state index contributed by atoms with van der Waals surface area (Å²) in [6.07, 6.45) is 4.77. The molecule has 13 heavy (non-hydrogen) atoms. The van der Waals surface area contributed by atoms with Crippen molar-refractivity contribution in [3.63, 3.8) is 0 Å². The van der Waals surface area contributed by atoms with Crippen LogP contribution in [-0.2, 0) is 0 Å². The van der Waals surface area contributed by atoms with Gasteiger partial charge in [-0.2, -0.15) is 5.26 Å². The second kappa shape index (κ2) is 4.68. The van der Waals surface area contributed by atoms with E-state index in [0.29, 0.717) is 0 Å². The zero-order valence-corrected chi connectivity index (χ0v) is 8.36. The Morgan fingerprint density at radius 1 is 1.62 bits per heavy atom. The molecule has 0 aromatic rings. The third kappa shape index (κ3) is 3.77. The van der Waals surface area contributed by atoms with E-state index in [1.54, 1.807) is 19.2 Å². The van der Waals surface area contributed by atoms with Crippen molar-refractivity contribution >= 4 is 0 Å². The summed E-state index contributed by atoms with van der Waals surface area (Å²) in [5.41, 5.74) is -1.17. The first kappa shape index (κ1) is 11.7. The van der Waals surface area contributed by atoms with E-state index in [4.69, 9.17) is 5.26 Å². The summed E-state index contributed by atoms with van der Waals surface area (Å²) < 4.78 is 0. The second-order valence-corrected chi connectivity index (χ2v) is 3.34. The molecule has 72 valence electrons. The average molecular weight is 180 g/mol. The standard InChI is InChI=1S/C10H16N2O/c1-5-10(2,13)9(8-11)6-7-12(3)4/h5-7,9,13H,1H2,2-4H3/b7-6+. The van der Waals surface area contributed by atoms with Crippen LogP contribution in [0.4, 0.5) is 0 Å². The van der Waals surface area contributed by atoms with Crippen LogP contribution in [0.2, 0.25) is 0 Å². The molecular formula is C10H16N2O. The number of hydrogen-bond acceptors (Lipinski definition) is 3. The van der Waals surface area contributed by atoms with Crippen LogP contribution in [0.1, 0.15) is 6.92 Å². The van der Waals surface area contributed by atoms with E-state index in [2.05, 4.69) is 6.58 Å². The van der Waals surface area contributed by atoms with Gasteiger partial charge in [-0.3, -0.25) is 0 Å². The summed E-state index contributed by atoms with van der Waals surface area (Å²) in [6.45, 7) is 5.04. The topological polar surface area (TPSA) is 47.3 Å². The van der Waals surface area contributed by atoms with Gasteiger partial charge in [0.2, 0.25) is 0 Å². The van der Waals surface area contributed by atoms with E-state index < -0.39 is 11.5 Å². The first-order chi connectivity index (χ1) is 5.94. The van der Waals surface area contributed by atoms with Gasteiger partial charge in [-0.05, 0) is 19.2 Å². The van der Waals surface area contributed by atoms with Gasteiger partial charge in [-0.25, -0.2) is 0 Å². The van der Waals surface area contributed by atoms with Gasteiger partial charge in [0.25, 0.3) is 0 Å². The summed E-state index contributed by atoms with van der Waals surface area (Å²) in [7, 11) is 3.71. The molecule has 0 saturated carbocycles. The zero-order chi connectivity index (χ0) is 10.5. The average Bonchev–Trinajstić information content (AvgIpc) is 2.04. The summed E-state index contributed by atoms with van der Waals surface area (Å²) in [6, 6.07) is 2.01. The highest BCUT2D eigenvalue weighted by atomic mass is 16.3. The van der Waals surface area contributed by atoms with E-state index in [1.165, 1.54) is 6.08 Å². The molecule has 2 atom stereocenters. The lowest BCUT2D eigenvalue weighted by Gasteiger charge is -2.21. The molecule has 0 spiro atoms. The van der Waals surface area contributed by atoms with E-state index in [9.17, 15) is 5.11 Å². The maximum Gasteiger partial charge on any atom is 0.0990 e. The lowest BCUT2D eigenvalue weighted by molar-refractivity contribution is 0.0879. The van der Waals surface area contributed by atoms with Crippen LogP contribution in [-0.4, -0.2) is 29.7 Å². The Morgan fingerprint density at radius 3 is 2.46 bits per heavy atom. The fourth-order valence-corrected chi connectivity index (χ4v) is 0.754. The lowest BCUT2D eigenvalue weighted by Crippen LogP contribution is -2.29. The Morgan fingerprint density at radius 2 is 2.15 bits per heavy atom. The number of nitrogens with zero attached hydrogens (tertiary/aromatic N) is 2. The zero-order valence-electron chi connectivity index (χ0n) is 8.36. The molecule has 0 fully saturated rings. The molecule has 0 bridgehead atoms. The van der Waals surface area contributed by atoms with Crippen LogP contribution in [0, 0.1) is 17.2 Å². The molecule has 0 saturated heterocycles. The van der Waals surface area contributed by atoms with Gasteiger partial charge in [0.1, 0.15) is 0 Å². The summed E-state index contributed by atoms with van der Waals surface area (Å²) in [5.74, 6) is -0.563. The van der Waals surface area contributed by atoms with Crippen LogP contribution < -0.4 is 0 Å². The molecule has 0 aliphatic carbocycles. The molecule has 0 rings (SSSR count). The second-order valence-electron chi connectivity index (χ2n) is 3.34. The quantitative estimate of drug-likeness (QED) is 0.660. The van der Waals surface area contributed by atoms with Gasteiger partial charge >= 0.3 is 0 Å². The van der Waals surface area contributed by atoms with E-state index in [-0.39, 0.29) is 0 Å². The van der Waals surface area contributed by atoms with Gasteiger partial charge in [-0.15, -0.1) is 6.58 Å². The minimum atomic E-state index is -1.17. The van der Waals surface area contributed by atoms with Crippen molar-refractivity contribution in [2.45, 2.75) is 12.5 Å². The summed E-state index contributed by atoms with van der Waals surface area (Å²) in [4.78, 5) is 1.81. The molecular weight excluding hydrogens is 164 g/mol. The molecule has 0 aliphatic rings.